The van der Waals surface area contributed by atoms with E-state index in [2.05, 4.69) is 176 Å². The summed E-state index contributed by atoms with van der Waals surface area (Å²) in [4.78, 5) is 10.3. The van der Waals surface area contributed by atoms with Gasteiger partial charge < -0.3 is 4.74 Å². The third kappa shape index (κ3) is 4.73. The van der Waals surface area contributed by atoms with E-state index in [0.29, 0.717) is 5.82 Å². The van der Waals surface area contributed by atoms with Gasteiger partial charge >= 0.3 is 0 Å². The summed E-state index contributed by atoms with van der Waals surface area (Å²) in [5.74, 6) is 2.48. The molecule has 12 rings (SSSR count). The molecule has 1 aliphatic heterocycles. The number of hydrogen-bond donors (Lipinski definition) is 0. The number of ether oxygens (including phenoxy) is 1. The summed E-state index contributed by atoms with van der Waals surface area (Å²) >= 11 is 0. The van der Waals surface area contributed by atoms with E-state index in [1.165, 1.54) is 49.7 Å². The highest BCUT2D eigenvalue weighted by molar-refractivity contribution is 5.98. The van der Waals surface area contributed by atoms with E-state index in [-0.39, 0.29) is 0 Å². The second-order valence-corrected chi connectivity index (χ2v) is 15.2. The predicted octanol–water partition coefficient (Wildman–Crippen LogP) is 13.3. The van der Waals surface area contributed by atoms with E-state index in [1.54, 1.807) is 0 Å². The maximum atomic E-state index is 6.96. The number of aromatic nitrogens is 2. The van der Waals surface area contributed by atoms with Crippen LogP contribution in [0.1, 0.15) is 33.4 Å². The number of rotatable bonds is 4. The normalized spacial score (nSPS) is 13.8. The van der Waals surface area contributed by atoms with Crippen LogP contribution in [0.25, 0.3) is 73.0 Å². The lowest BCUT2D eigenvalue weighted by Crippen LogP contribution is -2.32. The number of nitrogens with zero attached hydrogens (tertiary/aromatic N) is 2. The summed E-state index contributed by atoms with van der Waals surface area (Å²) in [5.41, 5.74) is 16.5. The second kappa shape index (κ2) is 12.3. The largest absolute Gasteiger partial charge is 0.456 e. The fraction of sp³-hybridized carbons (Fsp3) is 0.0370. The van der Waals surface area contributed by atoms with Crippen LogP contribution < -0.4 is 4.74 Å². The Morgan fingerprint density at radius 1 is 0.456 bits per heavy atom. The van der Waals surface area contributed by atoms with E-state index < -0.39 is 5.41 Å². The van der Waals surface area contributed by atoms with Gasteiger partial charge in [-0.15, -0.1) is 0 Å². The minimum Gasteiger partial charge on any atom is -0.456 e. The Kier molecular flexibility index (Phi) is 6.91. The van der Waals surface area contributed by atoms with Crippen LogP contribution in [0.2, 0.25) is 0 Å². The zero-order valence-corrected chi connectivity index (χ0v) is 31.0. The molecular formula is C54H34N2O. The average molecular weight is 727 g/mol. The Hall–Kier alpha value is -7.36. The molecule has 0 saturated carbocycles. The van der Waals surface area contributed by atoms with Crippen LogP contribution in [-0.4, -0.2) is 9.97 Å². The molecule has 3 nitrogen and oxygen atoms in total. The molecule has 1 aromatic heterocycles. The summed E-state index contributed by atoms with van der Waals surface area (Å²) in [6.07, 6.45) is 5.46. The Labute approximate surface area is 331 Å². The van der Waals surface area contributed by atoms with E-state index in [9.17, 15) is 0 Å². The third-order valence-corrected chi connectivity index (χ3v) is 12.1. The van der Waals surface area contributed by atoms with Crippen molar-refractivity contribution in [3.63, 3.8) is 0 Å². The molecule has 8 aromatic carbocycles. The highest BCUT2D eigenvalue weighted by Gasteiger charge is 2.51. The quantitative estimate of drug-likeness (QED) is 0.181. The Bertz CT molecular complexity index is 3080. The molecule has 3 aliphatic rings. The molecule has 0 atom stereocenters. The number of fused-ring (bicyclic) bond motifs is 9. The monoisotopic (exact) mass is 726 g/mol. The molecule has 9 aromatic rings. The Balaban J connectivity index is 1.00. The number of allylic oxidation sites excluding steroid dienone is 1. The van der Waals surface area contributed by atoms with Gasteiger partial charge in [-0.05, 0) is 80.4 Å². The van der Waals surface area contributed by atoms with Gasteiger partial charge in [0.1, 0.15) is 11.5 Å². The summed E-state index contributed by atoms with van der Waals surface area (Å²) < 4.78 is 6.96. The first kappa shape index (κ1) is 31.9. The molecule has 2 heterocycles. The molecule has 0 N–H and O–H groups in total. The zero-order chi connectivity index (χ0) is 37.5. The highest BCUT2D eigenvalue weighted by atomic mass is 16.5. The van der Waals surface area contributed by atoms with E-state index in [1.807, 2.05) is 18.2 Å². The van der Waals surface area contributed by atoms with Crippen LogP contribution in [0, 0.1) is 0 Å². The highest BCUT2D eigenvalue weighted by Crippen LogP contribution is 2.63. The van der Waals surface area contributed by atoms with E-state index >= 15 is 0 Å². The van der Waals surface area contributed by atoms with Crippen molar-refractivity contribution in [3.05, 3.63) is 221 Å². The van der Waals surface area contributed by atoms with Crippen molar-refractivity contribution in [2.24, 2.45) is 0 Å². The molecule has 0 radical (unpaired) electrons. The number of benzene rings is 8. The van der Waals surface area contributed by atoms with Gasteiger partial charge in [0.2, 0.25) is 0 Å². The van der Waals surface area contributed by atoms with Crippen molar-refractivity contribution in [1.82, 2.24) is 9.97 Å². The van der Waals surface area contributed by atoms with Crippen molar-refractivity contribution in [2.75, 3.05) is 0 Å². The van der Waals surface area contributed by atoms with Gasteiger partial charge in [0.05, 0.1) is 16.8 Å². The van der Waals surface area contributed by atoms with Crippen LogP contribution >= 0.6 is 0 Å². The molecule has 0 unspecified atom stereocenters. The van der Waals surface area contributed by atoms with Crippen molar-refractivity contribution in [2.45, 2.75) is 11.8 Å². The topological polar surface area (TPSA) is 35.0 Å². The maximum Gasteiger partial charge on any atom is 0.160 e. The standard InChI is InChI=1S/C54H34N2O/c1-2-13-37(14-3-1)53-55-48(33-49(56-53)40-31-38-17-10-15-36-16-11-18-39(32-40)51(36)38)35-29-27-34(28-30-35)41-21-12-25-47-52(41)57-50-26-9-8-24-46(50)54(47)44-22-6-4-19-42(44)43-20-5-7-23-45(43)54/h1-15,17-33H,16H2. The molecule has 0 saturated heterocycles. The minimum atomic E-state index is -0.503. The zero-order valence-electron chi connectivity index (χ0n) is 31.0. The third-order valence-electron chi connectivity index (χ3n) is 12.1. The van der Waals surface area contributed by atoms with Crippen LogP contribution in [-0.2, 0) is 11.8 Å². The van der Waals surface area contributed by atoms with Gasteiger partial charge in [0.15, 0.2) is 5.82 Å². The second-order valence-electron chi connectivity index (χ2n) is 15.2. The minimum absolute atomic E-state index is 0.503. The predicted molar refractivity (Wildman–Crippen MR) is 231 cm³/mol. The lowest BCUT2D eigenvalue weighted by atomic mass is 9.65. The first-order valence-electron chi connectivity index (χ1n) is 19.6. The summed E-state index contributed by atoms with van der Waals surface area (Å²) in [5, 5.41) is 2.57. The Morgan fingerprint density at radius 3 is 1.88 bits per heavy atom. The lowest BCUT2D eigenvalue weighted by Gasteiger charge is -2.40. The molecule has 57 heavy (non-hydrogen) atoms. The van der Waals surface area contributed by atoms with E-state index in [4.69, 9.17) is 14.7 Å². The summed E-state index contributed by atoms with van der Waals surface area (Å²) in [6, 6.07) is 65.2. The first-order chi connectivity index (χ1) is 28.2. The molecular weight excluding hydrogens is 693 g/mol. The van der Waals surface area contributed by atoms with Gasteiger partial charge in [-0.3, -0.25) is 0 Å². The van der Waals surface area contributed by atoms with Crippen LogP contribution in [0.4, 0.5) is 0 Å². The first-order valence-corrected chi connectivity index (χ1v) is 19.6. The SMILES string of the molecule is C1=Cc2cc(-c3cc(-c4ccc(-c5cccc6c5Oc5ccccc5C65c6ccccc6-c6ccccc65)cc4)nc(-c4ccccc4)n3)cc3cccc(c23)C1. The summed E-state index contributed by atoms with van der Waals surface area (Å²) in [7, 11) is 0. The average Bonchev–Trinajstić information content (AvgIpc) is 3.57. The van der Waals surface area contributed by atoms with Crippen molar-refractivity contribution >= 4 is 16.8 Å². The maximum absolute atomic E-state index is 6.96. The van der Waals surface area contributed by atoms with E-state index in [0.717, 1.165) is 62.7 Å². The molecule has 0 amide bonds. The molecule has 0 fully saturated rings. The van der Waals surface area contributed by atoms with Crippen LogP contribution in [0.15, 0.2) is 188 Å². The fourth-order valence-corrected chi connectivity index (χ4v) is 9.69. The van der Waals surface area contributed by atoms with Crippen molar-refractivity contribution < 1.29 is 4.74 Å². The molecule has 2 aliphatic carbocycles. The van der Waals surface area contributed by atoms with Crippen LogP contribution in [0.3, 0.4) is 0 Å². The van der Waals surface area contributed by atoms with Crippen molar-refractivity contribution in [1.29, 1.82) is 0 Å². The molecule has 1 spiro atoms. The molecule has 3 heteroatoms. The fourth-order valence-electron chi connectivity index (χ4n) is 9.69. The summed E-state index contributed by atoms with van der Waals surface area (Å²) in [6.45, 7) is 0. The number of para-hydroxylation sites is 2. The van der Waals surface area contributed by atoms with Gasteiger partial charge in [-0.1, -0.05) is 170 Å². The van der Waals surface area contributed by atoms with Gasteiger partial charge in [-0.2, -0.15) is 0 Å². The van der Waals surface area contributed by atoms with Crippen LogP contribution in [0.5, 0.6) is 11.5 Å². The number of hydrogen-bond acceptors (Lipinski definition) is 3. The van der Waals surface area contributed by atoms with Gasteiger partial charge in [0.25, 0.3) is 0 Å². The lowest BCUT2D eigenvalue weighted by molar-refractivity contribution is 0.438. The molecule has 266 valence electrons. The Morgan fingerprint density at radius 2 is 1.09 bits per heavy atom. The van der Waals surface area contributed by atoms with Crippen molar-refractivity contribution in [3.8, 4) is 67.7 Å². The van der Waals surface area contributed by atoms with Gasteiger partial charge in [0, 0.05) is 33.4 Å². The van der Waals surface area contributed by atoms with Gasteiger partial charge in [-0.25, -0.2) is 9.97 Å². The smallest absolute Gasteiger partial charge is 0.160 e. The molecule has 0 bridgehead atoms.